The van der Waals surface area contributed by atoms with Gasteiger partial charge in [0.05, 0.1) is 0 Å². The zero-order chi connectivity index (χ0) is 10.5. The third-order valence-corrected chi connectivity index (χ3v) is 4.32. The SMILES string of the molecule is CN1CCC(SCc2cccnc2)CC1. The van der Waals surface area contributed by atoms with Gasteiger partial charge < -0.3 is 4.90 Å². The molecule has 0 atom stereocenters. The van der Waals surface area contributed by atoms with E-state index >= 15 is 0 Å². The first-order chi connectivity index (χ1) is 7.34. The summed E-state index contributed by atoms with van der Waals surface area (Å²) in [7, 11) is 2.21. The molecule has 0 aliphatic carbocycles. The summed E-state index contributed by atoms with van der Waals surface area (Å²) in [6.45, 7) is 2.51. The van der Waals surface area contributed by atoms with Crippen LogP contribution in [-0.2, 0) is 5.75 Å². The third-order valence-electron chi connectivity index (χ3n) is 2.87. The van der Waals surface area contributed by atoms with Gasteiger partial charge >= 0.3 is 0 Å². The lowest BCUT2D eigenvalue weighted by Crippen LogP contribution is -2.31. The van der Waals surface area contributed by atoms with Gasteiger partial charge in [0.1, 0.15) is 0 Å². The Balaban J connectivity index is 1.74. The van der Waals surface area contributed by atoms with Crippen molar-refractivity contribution in [1.82, 2.24) is 9.88 Å². The summed E-state index contributed by atoms with van der Waals surface area (Å²) in [6.07, 6.45) is 6.48. The number of aromatic nitrogens is 1. The molecule has 0 radical (unpaired) electrons. The van der Waals surface area contributed by atoms with Gasteiger partial charge in [-0.3, -0.25) is 4.98 Å². The topological polar surface area (TPSA) is 16.1 Å². The molecular formula is C12H18N2S. The first-order valence-electron chi connectivity index (χ1n) is 5.53. The van der Waals surface area contributed by atoms with Crippen molar-refractivity contribution in [3.05, 3.63) is 30.1 Å². The number of nitrogens with zero attached hydrogens (tertiary/aromatic N) is 2. The second-order valence-corrected chi connectivity index (χ2v) is 5.46. The summed E-state index contributed by atoms with van der Waals surface area (Å²) < 4.78 is 0. The number of likely N-dealkylation sites (tertiary alicyclic amines) is 1. The largest absolute Gasteiger partial charge is 0.306 e. The molecule has 2 nitrogen and oxygen atoms in total. The van der Waals surface area contributed by atoms with Gasteiger partial charge in [0.2, 0.25) is 0 Å². The second kappa shape index (κ2) is 5.52. The predicted octanol–water partition coefficient (Wildman–Crippen LogP) is 2.41. The Morgan fingerprint density at radius 3 is 2.93 bits per heavy atom. The number of hydrogen-bond acceptors (Lipinski definition) is 3. The molecule has 0 saturated carbocycles. The molecule has 2 heterocycles. The average Bonchev–Trinajstić information content (AvgIpc) is 2.30. The van der Waals surface area contributed by atoms with E-state index in [0.717, 1.165) is 11.0 Å². The van der Waals surface area contributed by atoms with Crippen LogP contribution in [0.5, 0.6) is 0 Å². The number of pyridine rings is 1. The quantitative estimate of drug-likeness (QED) is 0.781. The molecular weight excluding hydrogens is 204 g/mol. The summed E-state index contributed by atoms with van der Waals surface area (Å²) in [5.41, 5.74) is 1.35. The fraction of sp³-hybridized carbons (Fsp3) is 0.583. The molecule has 2 rings (SSSR count). The van der Waals surface area contributed by atoms with Crippen LogP contribution in [0.25, 0.3) is 0 Å². The highest BCUT2D eigenvalue weighted by molar-refractivity contribution is 7.99. The summed E-state index contributed by atoms with van der Waals surface area (Å²) in [6, 6.07) is 4.18. The van der Waals surface area contributed by atoms with E-state index in [1.165, 1.54) is 31.5 Å². The molecule has 1 aromatic heterocycles. The van der Waals surface area contributed by atoms with E-state index < -0.39 is 0 Å². The molecule has 3 heteroatoms. The molecule has 1 aliphatic rings. The lowest BCUT2D eigenvalue weighted by Gasteiger charge is -2.28. The summed E-state index contributed by atoms with van der Waals surface area (Å²) >= 11 is 2.09. The maximum Gasteiger partial charge on any atom is 0.0308 e. The molecule has 1 aromatic rings. The lowest BCUT2D eigenvalue weighted by atomic mass is 10.1. The second-order valence-electron chi connectivity index (χ2n) is 4.17. The molecule has 1 saturated heterocycles. The molecule has 15 heavy (non-hydrogen) atoms. The van der Waals surface area contributed by atoms with Crippen molar-refractivity contribution in [2.24, 2.45) is 0 Å². The van der Waals surface area contributed by atoms with Crippen LogP contribution in [0.3, 0.4) is 0 Å². The summed E-state index contributed by atoms with van der Waals surface area (Å²) in [5.74, 6) is 1.11. The van der Waals surface area contributed by atoms with Crippen LogP contribution >= 0.6 is 11.8 Å². The number of piperidine rings is 1. The van der Waals surface area contributed by atoms with Crippen LogP contribution in [0, 0.1) is 0 Å². The average molecular weight is 222 g/mol. The van der Waals surface area contributed by atoms with Gasteiger partial charge in [-0.2, -0.15) is 11.8 Å². The molecule has 82 valence electrons. The van der Waals surface area contributed by atoms with Crippen LogP contribution in [0.1, 0.15) is 18.4 Å². The Kier molecular flexibility index (Phi) is 4.03. The minimum absolute atomic E-state index is 0.849. The zero-order valence-corrected chi connectivity index (χ0v) is 10.0. The van der Waals surface area contributed by atoms with Crippen molar-refractivity contribution in [3.63, 3.8) is 0 Å². The van der Waals surface area contributed by atoms with Gasteiger partial charge in [-0.15, -0.1) is 0 Å². The Morgan fingerprint density at radius 1 is 1.47 bits per heavy atom. The van der Waals surface area contributed by atoms with Crippen molar-refractivity contribution >= 4 is 11.8 Å². The van der Waals surface area contributed by atoms with Gasteiger partial charge in [0, 0.05) is 23.4 Å². The van der Waals surface area contributed by atoms with Gasteiger partial charge in [0.25, 0.3) is 0 Å². The molecule has 0 aromatic carbocycles. The monoisotopic (exact) mass is 222 g/mol. The number of thioether (sulfide) groups is 1. The normalized spacial score (nSPS) is 19.3. The lowest BCUT2D eigenvalue weighted by molar-refractivity contribution is 0.282. The van der Waals surface area contributed by atoms with Crippen molar-refractivity contribution in [3.8, 4) is 0 Å². The van der Waals surface area contributed by atoms with Crippen molar-refractivity contribution in [2.45, 2.75) is 23.8 Å². The van der Waals surface area contributed by atoms with Crippen LogP contribution in [0.15, 0.2) is 24.5 Å². The third kappa shape index (κ3) is 3.50. The Bertz CT molecular complexity index is 281. The van der Waals surface area contributed by atoms with E-state index in [4.69, 9.17) is 0 Å². The first-order valence-corrected chi connectivity index (χ1v) is 6.58. The first kappa shape index (κ1) is 11.0. The van der Waals surface area contributed by atoms with Crippen LogP contribution in [0.4, 0.5) is 0 Å². The Hall–Kier alpha value is -0.540. The van der Waals surface area contributed by atoms with E-state index in [-0.39, 0.29) is 0 Å². The van der Waals surface area contributed by atoms with Crippen LogP contribution in [0.2, 0.25) is 0 Å². The molecule has 0 N–H and O–H groups in total. The van der Waals surface area contributed by atoms with Crippen molar-refractivity contribution < 1.29 is 0 Å². The highest BCUT2D eigenvalue weighted by atomic mass is 32.2. The highest BCUT2D eigenvalue weighted by Crippen LogP contribution is 2.25. The van der Waals surface area contributed by atoms with Gasteiger partial charge in [-0.25, -0.2) is 0 Å². The van der Waals surface area contributed by atoms with Crippen LogP contribution < -0.4 is 0 Å². The van der Waals surface area contributed by atoms with Gasteiger partial charge in [-0.05, 0) is 44.6 Å². The predicted molar refractivity (Wildman–Crippen MR) is 66.1 cm³/mol. The summed E-state index contributed by atoms with van der Waals surface area (Å²) in [5, 5.41) is 0.849. The summed E-state index contributed by atoms with van der Waals surface area (Å²) in [4.78, 5) is 6.56. The minimum atomic E-state index is 0.849. The molecule has 0 amide bonds. The van der Waals surface area contributed by atoms with Crippen LogP contribution in [-0.4, -0.2) is 35.3 Å². The number of hydrogen-bond donors (Lipinski definition) is 0. The van der Waals surface area contributed by atoms with Crippen molar-refractivity contribution in [1.29, 1.82) is 0 Å². The van der Waals surface area contributed by atoms with Crippen molar-refractivity contribution in [2.75, 3.05) is 20.1 Å². The smallest absolute Gasteiger partial charge is 0.0308 e. The Morgan fingerprint density at radius 2 is 2.27 bits per heavy atom. The minimum Gasteiger partial charge on any atom is -0.306 e. The fourth-order valence-electron chi connectivity index (χ4n) is 1.85. The van der Waals surface area contributed by atoms with E-state index in [1.54, 1.807) is 0 Å². The molecule has 0 spiro atoms. The standard InChI is InChI=1S/C12H18N2S/c1-14-7-4-12(5-8-14)15-10-11-3-2-6-13-9-11/h2-3,6,9,12H,4-5,7-8,10H2,1H3. The Labute approximate surface area is 96.1 Å². The zero-order valence-electron chi connectivity index (χ0n) is 9.22. The van der Waals surface area contributed by atoms with E-state index in [1.807, 2.05) is 18.5 Å². The highest BCUT2D eigenvalue weighted by Gasteiger charge is 2.16. The van der Waals surface area contributed by atoms with Gasteiger partial charge in [0.15, 0.2) is 0 Å². The maximum atomic E-state index is 4.14. The number of rotatable bonds is 3. The van der Waals surface area contributed by atoms with E-state index in [2.05, 4.69) is 34.8 Å². The molecule has 0 bridgehead atoms. The molecule has 1 aliphatic heterocycles. The molecule has 1 fully saturated rings. The van der Waals surface area contributed by atoms with E-state index in [9.17, 15) is 0 Å². The maximum absolute atomic E-state index is 4.14. The van der Waals surface area contributed by atoms with E-state index in [0.29, 0.717) is 0 Å². The molecule has 0 unspecified atom stereocenters. The fourth-order valence-corrected chi connectivity index (χ4v) is 2.99. The van der Waals surface area contributed by atoms with Gasteiger partial charge in [-0.1, -0.05) is 6.07 Å².